The van der Waals surface area contributed by atoms with Crippen LogP contribution in [0.15, 0.2) is 0 Å². The first-order chi connectivity index (χ1) is 8.58. The Morgan fingerprint density at radius 2 is 1.89 bits per heavy atom. The van der Waals surface area contributed by atoms with Gasteiger partial charge in [0, 0.05) is 5.56 Å². The van der Waals surface area contributed by atoms with Crippen molar-refractivity contribution in [1.82, 2.24) is 9.97 Å². The van der Waals surface area contributed by atoms with E-state index in [0.717, 1.165) is 37.1 Å². The van der Waals surface area contributed by atoms with E-state index in [0.29, 0.717) is 11.6 Å². The van der Waals surface area contributed by atoms with Gasteiger partial charge in [0.2, 0.25) is 0 Å². The summed E-state index contributed by atoms with van der Waals surface area (Å²) in [5.74, 6) is 1.92. The molecule has 0 aliphatic heterocycles. The number of aliphatic hydroxyl groups excluding tert-OH is 1. The van der Waals surface area contributed by atoms with Crippen LogP contribution in [0.4, 0.5) is 11.6 Å². The van der Waals surface area contributed by atoms with E-state index in [-0.39, 0.29) is 12.1 Å². The van der Waals surface area contributed by atoms with Gasteiger partial charge in [-0.3, -0.25) is 0 Å². The van der Waals surface area contributed by atoms with Crippen molar-refractivity contribution in [2.75, 3.05) is 11.1 Å². The summed E-state index contributed by atoms with van der Waals surface area (Å²) in [5, 5.41) is 13.4. The number of hydrogen-bond donors (Lipinski definition) is 3. The van der Waals surface area contributed by atoms with E-state index in [9.17, 15) is 5.11 Å². The first kappa shape index (κ1) is 13.1. The highest BCUT2D eigenvalue weighted by molar-refractivity contribution is 5.55. The lowest BCUT2D eigenvalue weighted by Gasteiger charge is -2.23. The molecule has 0 radical (unpaired) electrons. The van der Waals surface area contributed by atoms with Crippen molar-refractivity contribution in [3.05, 3.63) is 11.4 Å². The SMILES string of the molecule is Cc1nc(N)c(C)c(NC2CCCCCC2O)n1. The molecule has 1 aromatic rings. The second-order valence-corrected chi connectivity index (χ2v) is 5.09. The molecular formula is C13H22N4O. The number of aliphatic hydroxyl groups is 1. The quantitative estimate of drug-likeness (QED) is 0.697. The number of hydrogen-bond acceptors (Lipinski definition) is 5. The van der Waals surface area contributed by atoms with E-state index in [2.05, 4.69) is 15.3 Å². The summed E-state index contributed by atoms with van der Waals surface area (Å²) in [6.07, 6.45) is 4.97. The summed E-state index contributed by atoms with van der Waals surface area (Å²) >= 11 is 0. The Balaban J connectivity index is 2.17. The monoisotopic (exact) mass is 250 g/mol. The number of nitrogen functional groups attached to an aromatic ring is 1. The number of nitrogens with one attached hydrogen (secondary N) is 1. The predicted molar refractivity (Wildman–Crippen MR) is 72.4 cm³/mol. The number of nitrogens with two attached hydrogens (primary N) is 1. The summed E-state index contributed by atoms with van der Waals surface area (Å²) in [6.45, 7) is 3.73. The molecule has 2 rings (SSSR count). The highest BCUT2D eigenvalue weighted by Gasteiger charge is 2.22. The van der Waals surface area contributed by atoms with Crippen LogP contribution in [0, 0.1) is 13.8 Å². The largest absolute Gasteiger partial charge is 0.391 e. The molecule has 0 spiro atoms. The average molecular weight is 250 g/mol. The highest BCUT2D eigenvalue weighted by Crippen LogP contribution is 2.24. The third kappa shape index (κ3) is 2.90. The van der Waals surface area contributed by atoms with Gasteiger partial charge >= 0.3 is 0 Å². The summed E-state index contributed by atoms with van der Waals surface area (Å²) in [5.41, 5.74) is 6.70. The molecule has 5 heteroatoms. The molecular weight excluding hydrogens is 228 g/mol. The van der Waals surface area contributed by atoms with E-state index in [1.54, 1.807) is 0 Å². The van der Waals surface area contributed by atoms with Gasteiger partial charge < -0.3 is 16.2 Å². The molecule has 0 amide bonds. The Morgan fingerprint density at radius 3 is 2.67 bits per heavy atom. The van der Waals surface area contributed by atoms with Crippen LogP contribution in [-0.4, -0.2) is 27.2 Å². The standard InChI is InChI=1S/C13H22N4O/c1-8-12(14)15-9(2)16-13(8)17-10-6-4-3-5-7-11(10)18/h10-11,18H,3-7H2,1-2H3,(H3,14,15,16,17). The van der Waals surface area contributed by atoms with Crippen LogP contribution in [0.5, 0.6) is 0 Å². The van der Waals surface area contributed by atoms with Crippen molar-refractivity contribution >= 4 is 11.6 Å². The number of aryl methyl sites for hydroxylation is 1. The van der Waals surface area contributed by atoms with E-state index < -0.39 is 0 Å². The predicted octanol–water partition coefficient (Wildman–Crippen LogP) is 1.78. The van der Waals surface area contributed by atoms with Crippen LogP contribution in [0.2, 0.25) is 0 Å². The van der Waals surface area contributed by atoms with Crippen LogP contribution in [0.3, 0.4) is 0 Å². The average Bonchev–Trinajstić information content (AvgIpc) is 2.51. The molecule has 2 atom stereocenters. The fourth-order valence-corrected chi connectivity index (χ4v) is 2.42. The molecule has 2 unspecified atom stereocenters. The zero-order chi connectivity index (χ0) is 13.1. The molecule has 18 heavy (non-hydrogen) atoms. The molecule has 1 saturated carbocycles. The fourth-order valence-electron chi connectivity index (χ4n) is 2.42. The topological polar surface area (TPSA) is 84.1 Å². The van der Waals surface area contributed by atoms with Crippen molar-refractivity contribution < 1.29 is 5.11 Å². The Hall–Kier alpha value is -1.36. The second-order valence-electron chi connectivity index (χ2n) is 5.09. The molecule has 1 heterocycles. The summed E-state index contributed by atoms with van der Waals surface area (Å²) < 4.78 is 0. The summed E-state index contributed by atoms with van der Waals surface area (Å²) in [6, 6.07) is 0.0694. The third-order valence-corrected chi connectivity index (χ3v) is 3.60. The maximum absolute atomic E-state index is 10.1. The molecule has 1 aromatic heterocycles. The maximum atomic E-state index is 10.1. The lowest BCUT2D eigenvalue weighted by Crippen LogP contribution is -2.33. The lowest BCUT2D eigenvalue weighted by molar-refractivity contribution is 0.144. The van der Waals surface area contributed by atoms with Gasteiger partial charge in [-0.25, -0.2) is 9.97 Å². The zero-order valence-electron chi connectivity index (χ0n) is 11.1. The molecule has 1 aliphatic carbocycles. The first-order valence-corrected chi connectivity index (χ1v) is 6.63. The highest BCUT2D eigenvalue weighted by atomic mass is 16.3. The molecule has 1 aliphatic rings. The van der Waals surface area contributed by atoms with Gasteiger partial charge in [-0.05, 0) is 26.7 Å². The summed E-state index contributed by atoms with van der Waals surface area (Å²) in [7, 11) is 0. The van der Waals surface area contributed by atoms with E-state index >= 15 is 0 Å². The van der Waals surface area contributed by atoms with Gasteiger partial charge in [-0.15, -0.1) is 0 Å². The normalized spacial score (nSPS) is 24.6. The molecule has 5 nitrogen and oxygen atoms in total. The van der Waals surface area contributed by atoms with Gasteiger partial charge in [0.25, 0.3) is 0 Å². The van der Waals surface area contributed by atoms with Crippen molar-refractivity contribution in [3.8, 4) is 0 Å². The minimum Gasteiger partial charge on any atom is -0.391 e. The lowest BCUT2D eigenvalue weighted by atomic mass is 10.1. The Labute approximate surface area is 108 Å². The van der Waals surface area contributed by atoms with Crippen LogP contribution in [0.1, 0.15) is 43.5 Å². The molecule has 0 saturated heterocycles. The van der Waals surface area contributed by atoms with E-state index in [4.69, 9.17) is 5.73 Å². The van der Waals surface area contributed by atoms with E-state index in [1.165, 1.54) is 6.42 Å². The van der Waals surface area contributed by atoms with Crippen LogP contribution < -0.4 is 11.1 Å². The fraction of sp³-hybridized carbons (Fsp3) is 0.692. The maximum Gasteiger partial charge on any atom is 0.135 e. The van der Waals surface area contributed by atoms with E-state index in [1.807, 2.05) is 13.8 Å². The van der Waals surface area contributed by atoms with Crippen LogP contribution in [0.25, 0.3) is 0 Å². The van der Waals surface area contributed by atoms with Gasteiger partial charge in [0.1, 0.15) is 17.5 Å². The summed E-state index contributed by atoms with van der Waals surface area (Å²) in [4.78, 5) is 8.51. The van der Waals surface area contributed by atoms with Crippen molar-refractivity contribution in [2.45, 2.75) is 58.1 Å². The Kier molecular flexibility index (Phi) is 4.01. The number of anilines is 2. The van der Waals surface area contributed by atoms with Gasteiger partial charge in [-0.1, -0.05) is 19.3 Å². The number of rotatable bonds is 2. The third-order valence-electron chi connectivity index (χ3n) is 3.60. The zero-order valence-corrected chi connectivity index (χ0v) is 11.1. The Morgan fingerprint density at radius 1 is 1.17 bits per heavy atom. The number of aromatic nitrogens is 2. The smallest absolute Gasteiger partial charge is 0.135 e. The van der Waals surface area contributed by atoms with Crippen molar-refractivity contribution in [2.24, 2.45) is 0 Å². The number of nitrogens with zero attached hydrogens (tertiary/aromatic N) is 2. The second kappa shape index (κ2) is 5.52. The van der Waals surface area contributed by atoms with Crippen molar-refractivity contribution in [3.63, 3.8) is 0 Å². The molecule has 0 bridgehead atoms. The molecule has 1 fully saturated rings. The van der Waals surface area contributed by atoms with Gasteiger partial charge in [0.15, 0.2) is 0 Å². The van der Waals surface area contributed by atoms with Crippen LogP contribution >= 0.6 is 0 Å². The Bertz CT molecular complexity index is 422. The molecule has 100 valence electrons. The molecule has 4 N–H and O–H groups in total. The van der Waals surface area contributed by atoms with Gasteiger partial charge in [0.05, 0.1) is 12.1 Å². The van der Waals surface area contributed by atoms with Gasteiger partial charge in [-0.2, -0.15) is 0 Å². The first-order valence-electron chi connectivity index (χ1n) is 6.63. The molecule has 0 aromatic carbocycles. The van der Waals surface area contributed by atoms with Crippen LogP contribution in [-0.2, 0) is 0 Å². The van der Waals surface area contributed by atoms with Crippen molar-refractivity contribution in [1.29, 1.82) is 0 Å². The minimum absolute atomic E-state index is 0.0694. The minimum atomic E-state index is -0.302.